The standard InChI is InChI=1S/C15H12FNO3/c1-18-13-5-3-9(7-14(13)19-2)15-17-11-8-10(16)4-6-12(11)20-15/h3-8H,1-2H3. The van der Waals surface area contributed by atoms with Crippen LogP contribution in [0.3, 0.4) is 0 Å². The molecule has 5 heteroatoms. The van der Waals surface area contributed by atoms with Crippen molar-refractivity contribution in [1.82, 2.24) is 4.98 Å². The smallest absolute Gasteiger partial charge is 0.227 e. The van der Waals surface area contributed by atoms with Crippen molar-refractivity contribution in [1.29, 1.82) is 0 Å². The molecule has 3 rings (SSSR count). The minimum atomic E-state index is -0.343. The van der Waals surface area contributed by atoms with Crippen LogP contribution in [-0.2, 0) is 0 Å². The zero-order valence-corrected chi connectivity index (χ0v) is 11.0. The second kappa shape index (κ2) is 4.85. The molecule has 0 saturated carbocycles. The lowest BCUT2D eigenvalue weighted by Gasteiger charge is -2.07. The maximum atomic E-state index is 13.1. The van der Waals surface area contributed by atoms with Gasteiger partial charge in [0.2, 0.25) is 5.89 Å². The zero-order chi connectivity index (χ0) is 14.1. The quantitative estimate of drug-likeness (QED) is 0.730. The van der Waals surface area contributed by atoms with E-state index in [1.54, 1.807) is 32.4 Å². The number of benzene rings is 2. The molecule has 0 aliphatic carbocycles. The van der Waals surface area contributed by atoms with E-state index in [9.17, 15) is 4.39 Å². The number of nitrogens with zero attached hydrogens (tertiary/aromatic N) is 1. The Bertz CT molecular complexity index is 767. The third-order valence-electron chi connectivity index (χ3n) is 2.98. The summed E-state index contributed by atoms with van der Waals surface area (Å²) in [5.41, 5.74) is 1.75. The van der Waals surface area contributed by atoms with E-state index in [1.165, 1.54) is 12.1 Å². The van der Waals surface area contributed by atoms with Crippen molar-refractivity contribution in [3.63, 3.8) is 0 Å². The number of oxazole rings is 1. The topological polar surface area (TPSA) is 44.5 Å². The lowest BCUT2D eigenvalue weighted by Crippen LogP contribution is -1.90. The van der Waals surface area contributed by atoms with Gasteiger partial charge in [-0.15, -0.1) is 0 Å². The second-order valence-electron chi connectivity index (χ2n) is 4.20. The molecule has 4 nitrogen and oxygen atoms in total. The van der Waals surface area contributed by atoms with Crippen LogP contribution in [-0.4, -0.2) is 19.2 Å². The monoisotopic (exact) mass is 273 g/mol. The second-order valence-corrected chi connectivity index (χ2v) is 4.20. The molecule has 0 fully saturated rings. The van der Waals surface area contributed by atoms with E-state index >= 15 is 0 Å². The van der Waals surface area contributed by atoms with Gasteiger partial charge in [0.15, 0.2) is 17.1 Å². The average Bonchev–Trinajstić information content (AvgIpc) is 2.89. The van der Waals surface area contributed by atoms with Crippen molar-refractivity contribution >= 4 is 11.1 Å². The van der Waals surface area contributed by atoms with Crippen LogP contribution in [0.2, 0.25) is 0 Å². The van der Waals surface area contributed by atoms with Gasteiger partial charge in [-0.1, -0.05) is 0 Å². The molecule has 1 aromatic heterocycles. The van der Waals surface area contributed by atoms with Crippen LogP contribution in [0, 0.1) is 5.82 Å². The SMILES string of the molecule is COc1ccc(-c2nc3cc(F)ccc3o2)cc1OC. The number of aromatic nitrogens is 1. The van der Waals surface area contributed by atoms with E-state index in [1.807, 2.05) is 6.07 Å². The third-order valence-corrected chi connectivity index (χ3v) is 2.98. The number of hydrogen-bond acceptors (Lipinski definition) is 4. The van der Waals surface area contributed by atoms with Crippen molar-refractivity contribution in [2.75, 3.05) is 14.2 Å². The first-order chi connectivity index (χ1) is 9.71. The highest BCUT2D eigenvalue weighted by Crippen LogP contribution is 2.33. The van der Waals surface area contributed by atoms with Gasteiger partial charge in [0.1, 0.15) is 11.3 Å². The number of ether oxygens (including phenoxy) is 2. The Morgan fingerprint density at radius 2 is 1.80 bits per heavy atom. The third kappa shape index (κ3) is 2.07. The largest absolute Gasteiger partial charge is 0.493 e. The van der Waals surface area contributed by atoms with Crippen LogP contribution < -0.4 is 9.47 Å². The van der Waals surface area contributed by atoms with E-state index in [4.69, 9.17) is 13.9 Å². The summed E-state index contributed by atoms with van der Waals surface area (Å²) in [6.45, 7) is 0. The van der Waals surface area contributed by atoms with Gasteiger partial charge in [-0.3, -0.25) is 0 Å². The molecular formula is C15H12FNO3. The predicted octanol–water partition coefficient (Wildman–Crippen LogP) is 3.65. The highest BCUT2D eigenvalue weighted by Gasteiger charge is 2.12. The Hall–Kier alpha value is -2.56. The molecule has 0 amide bonds. The normalized spacial score (nSPS) is 10.8. The van der Waals surface area contributed by atoms with Gasteiger partial charge in [0, 0.05) is 11.6 Å². The fourth-order valence-electron chi connectivity index (χ4n) is 1.99. The summed E-state index contributed by atoms with van der Waals surface area (Å²) >= 11 is 0. The first-order valence-corrected chi connectivity index (χ1v) is 6.00. The van der Waals surface area contributed by atoms with Crippen molar-refractivity contribution in [2.45, 2.75) is 0 Å². The zero-order valence-electron chi connectivity index (χ0n) is 11.0. The Labute approximate surface area is 114 Å². The van der Waals surface area contributed by atoms with Gasteiger partial charge in [-0.2, -0.15) is 0 Å². The van der Waals surface area contributed by atoms with Crippen LogP contribution >= 0.6 is 0 Å². The summed E-state index contributed by atoms with van der Waals surface area (Å²) in [4.78, 5) is 4.27. The van der Waals surface area contributed by atoms with Crippen LogP contribution in [0.4, 0.5) is 4.39 Å². The molecule has 0 radical (unpaired) electrons. The highest BCUT2D eigenvalue weighted by molar-refractivity contribution is 5.76. The van der Waals surface area contributed by atoms with E-state index < -0.39 is 0 Å². The van der Waals surface area contributed by atoms with Crippen LogP contribution in [0.25, 0.3) is 22.6 Å². The van der Waals surface area contributed by atoms with Crippen LogP contribution in [0.15, 0.2) is 40.8 Å². The van der Waals surface area contributed by atoms with Gasteiger partial charge >= 0.3 is 0 Å². The molecule has 0 bridgehead atoms. The molecule has 0 N–H and O–H groups in total. The van der Waals surface area contributed by atoms with Gasteiger partial charge < -0.3 is 13.9 Å². The first-order valence-electron chi connectivity index (χ1n) is 6.00. The van der Waals surface area contributed by atoms with Crippen molar-refractivity contribution in [3.8, 4) is 23.0 Å². The Kier molecular flexibility index (Phi) is 3.02. The molecule has 0 spiro atoms. The van der Waals surface area contributed by atoms with Gasteiger partial charge in [-0.05, 0) is 30.3 Å². The van der Waals surface area contributed by atoms with Gasteiger partial charge in [0.25, 0.3) is 0 Å². The van der Waals surface area contributed by atoms with Crippen LogP contribution in [0.1, 0.15) is 0 Å². The lowest BCUT2D eigenvalue weighted by atomic mass is 10.2. The lowest BCUT2D eigenvalue weighted by molar-refractivity contribution is 0.355. The molecule has 0 atom stereocenters. The summed E-state index contributed by atoms with van der Waals surface area (Å²) in [6, 6.07) is 9.57. The fourth-order valence-corrected chi connectivity index (χ4v) is 1.99. The molecule has 0 unspecified atom stereocenters. The minimum Gasteiger partial charge on any atom is -0.493 e. The molecule has 20 heavy (non-hydrogen) atoms. The Morgan fingerprint density at radius 1 is 1.00 bits per heavy atom. The summed E-state index contributed by atoms with van der Waals surface area (Å²) in [5.74, 6) is 1.27. The van der Waals surface area contributed by atoms with Gasteiger partial charge in [0.05, 0.1) is 14.2 Å². The Morgan fingerprint density at radius 3 is 2.55 bits per heavy atom. The molecule has 0 aliphatic heterocycles. The van der Waals surface area contributed by atoms with E-state index in [0.29, 0.717) is 28.5 Å². The van der Waals surface area contributed by atoms with Crippen LogP contribution in [0.5, 0.6) is 11.5 Å². The number of rotatable bonds is 3. The summed E-state index contributed by atoms with van der Waals surface area (Å²) in [5, 5.41) is 0. The minimum absolute atomic E-state index is 0.343. The van der Waals surface area contributed by atoms with E-state index in [0.717, 1.165) is 5.56 Å². The van der Waals surface area contributed by atoms with E-state index in [2.05, 4.69) is 4.98 Å². The first kappa shape index (κ1) is 12.5. The maximum Gasteiger partial charge on any atom is 0.227 e. The summed E-state index contributed by atoms with van der Waals surface area (Å²) < 4.78 is 29.2. The van der Waals surface area contributed by atoms with E-state index in [-0.39, 0.29) is 5.82 Å². The molecule has 1 heterocycles. The van der Waals surface area contributed by atoms with Gasteiger partial charge in [-0.25, -0.2) is 9.37 Å². The number of halogens is 1. The highest BCUT2D eigenvalue weighted by atomic mass is 19.1. The molecule has 3 aromatic rings. The fraction of sp³-hybridized carbons (Fsp3) is 0.133. The summed E-state index contributed by atoms with van der Waals surface area (Å²) in [6.07, 6.45) is 0. The molecular weight excluding hydrogens is 261 g/mol. The number of hydrogen-bond donors (Lipinski definition) is 0. The summed E-state index contributed by atoms with van der Waals surface area (Å²) in [7, 11) is 3.13. The molecule has 0 aliphatic rings. The number of fused-ring (bicyclic) bond motifs is 1. The Balaban J connectivity index is 2.10. The molecule has 0 saturated heterocycles. The number of methoxy groups -OCH3 is 2. The molecule has 102 valence electrons. The van der Waals surface area contributed by atoms with Crippen molar-refractivity contribution < 1.29 is 18.3 Å². The van der Waals surface area contributed by atoms with Crippen molar-refractivity contribution in [2.24, 2.45) is 0 Å². The average molecular weight is 273 g/mol. The predicted molar refractivity (Wildman–Crippen MR) is 72.5 cm³/mol. The maximum absolute atomic E-state index is 13.1. The molecule has 2 aromatic carbocycles. The van der Waals surface area contributed by atoms with Crippen molar-refractivity contribution in [3.05, 3.63) is 42.2 Å².